The number of rotatable bonds is 4. The van der Waals surface area contributed by atoms with Crippen LogP contribution in [0, 0.1) is 6.92 Å². The van der Waals surface area contributed by atoms with Gasteiger partial charge in [0.05, 0.1) is 16.8 Å². The minimum atomic E-state index is -0.145. The molecule has 0 saturated heterocycles. The molecule has 0 aliphatic rings. The van der Waals surface area contributed by atoms with Crippen LogP contribution in [0.1, 0.15) is 10.4 Å². The van der Waals surface area contributed by atoms with Gasteiger partial charge in [0, 0.05) is 4.88 Å². The quantitative estimate of drug-likeness (QED) is 0.804. The number of thiophene rings is 1. The van der Waals surface area contributed by atoms with E-state index in [0.717, 1.165) is 15.1 Å². The minimum absolute atomic E-state index is 0.0628. The Morgan fingerprint density at radius 1 is 1.29 bits per heavy atom. The van der Waals surface area contributed by atoms with Crippen LogP contribution in [-0.2, 0) is 17.9 Å². The number of hydrogen-bond donors (Lipinski definition) is 1. The summed E-state index contributed by atoms with van der Waals surface area (Å²) in [5, 5.41) is 4.88. The van der Waals surface area contributed by atoms with Crippen LogP contribution in [0.2, 0.25) is 0 Å². The van der Waals surface area contributed by atoms with E-state index in [9.17, 15) is 9.59 Å². The van der Waals surface area contributed by atoms with Crippen LogP contribution in [0.3, 0.4) is 0 Å². The monoisotopic (exact) mass is 318 g/mol. The molecule has 1 aromatic carbocycles. The number of nitrogens with one attached hydrogen (secondary N) is 1. The Balaban J connectivity index is 1.73. The molecule has 0 bridgehead atoms. The summed E-state index contributed by atoms with van der Waals surface area (Å²) in [7, 11) is 0. The lowest BCUT2D eigenvalue weighted by Crippen LogP contribution is -2.30. The highest BCUT2D eigenvalue weighted by atomic mass is 32.1. The third-order valence-electron chi connectivity index (χ3n) is 3.29. The largest absolute Gasteiger partial charge is 0.350 e. The molecule has 0 spiro atoms. The topological polar surface area (TPSA) is 51.1 Å². The van der Waals surface area contributed by atoms with Gasteiger partial charge in [-0.3, -0.25) is 14.2 Å². The van der Waals surface area contributed by atoms with Gasteiger partial charge in [0.15, 0.2) is 0 Å². The van der Waals surface area contributed by atoms with Crippen molar-refractivity contribution in [2.75, 3.05) is 0 Å². The van der Waals surface area contributed by atoms with Crippen molar-refractivity contribution in [1.29, 1.82) is 0 Å². The number of fused-ring (bicyclic) bond motifs is 1. The second kappa shape index (κ2) is 5.83. The summed E-state index contributed by atoms with van der Waals surface area (Å²) in [4.78, 5) is 25.1. The Kier molecular flexibility index (Phi) is 3.90. The van der Waals surface area contributed by atoms with Crippen LogP contribution in [0.15, 0.2) is 40.5 Å². The number of carbonyl (C=O) groups excluding carboxylic acids is 1. The average Bonchev–Trinajstić information content (AvgIpc) is 3.01. The first kappa shape index (κ1) is 14.0. The van der Waals surface area contributed by atoms with Gasteiger partial charge < -0.3 is 5.32 Å². The molecule has 3 aromatic rings. The van der Waals surface area contributed by atoms with Crippen LogP contribution in [-0.4, -0.2) is 10.5 Å². The summed E-state index contributed by atoms with van der Waals surface area (Å²) in [6.45, 7) is 2.60. The molecule has 0 aliphatic heterocycles. The summed E-state index contributed by atoms with van der Waals surface area (Å²) in [6.07, 6.45) is 0. The Bertz CT molecular complexity index is 845. The zero-order chi connectivity index (χ0) is 14.8. The number of carbonyl (C=O) groups is 1. The number of thiazole rings is 1. The van der Waals surface area contributed by atoms with Crippen molar-refractivity contribution in [2.24, 2.45) is 0 Å². The number of aromatic nitrogens is 1. The summed E-state index contributed by atoms with van der Waals surface area (Å²) in [5.74, 6) is -0.145. The molecule has 0 saturated carbocycles. The molecule has 0 unspecified atom stereocenters. The lowest BCUT2D eigenvalue weighted by molar-refractivity contribution is -0.121. The van der Waals surface area contributed by atoms with E-state index in [4.69, 9.17) is 0 Å². The lowest BCUT2D eigenvalue weighted by Gasteiger charge is -2.06. The molecule has 108 valence electrons. The molecule has 21 heavy (non-hydrogen) atoms. The maximum absolute atomic E-state index is 12.1. The van der Waals surface area contributed by atoms with Crippen LogP contribution in [0.4, 0.5) is 0 Å². The minimum Gasteiger partial charge on any atom is -0.350 e. The molecule has 3 rings (SSSR count). The van der Waals surface area contributed by atoms with Crippen LogP contribution in [0.5, 0.6) is 0 Å². The first-order chi connectivity index (χ1) is 10.1. The zero-order valence-electron chi connectivity index (χ0n) is 11.5. The van der Waals surface area contributed by atoms with Crippen molar-refractivity contribution in [3.05, 3.63) is 55.8 Å². The third-order valence-corrected chi connectivity index (χ3v) is 5.27. The fourth-order valence-electron chi connectivity index (χ4n) is 2.13. The molecule has 0 fully saturated rings. The van der Waals surface area contributed by atoms with Crippen molar-refractivity contribution < 1.29 is 4.79 Å². The lowest BCUT2D eigenvalue weighted by atomic mass is 10.3. The predicted molar refractivity (Wildman–Crippen MR) is 87.0 cm³/mol. The highest BCUT2D eigenvalue weighted by Gasteiger charge is 2.11. The number of benzene rings is 1. The van der Waals surface area contributed by atoms with Gasteiger partial charge in [0.2, 0.25) is 5.91 Å². The number of para-hydroxylation sites is 1. The van der Waals surface area contributed by atoms with Crippen LogP contribution < -0.4 is 10.2 Å². The van der Waals surface area contributed by atoms with Gasteiger partial charge in [-0.2, -0.15) is 0 Å². The maximum Gasteiger partial charge on any atom is 0.308 e. The van der Waals surface area contributed by atoms with Gasteiger partial charge in [-0.25, -0.2) is 0 Å². The van der Waals surface area contributed by atoms with E-state index < -0.39 is 0 Å². The van der Waals surface area contributed by atoms with Gasteiger partial charge in [-0.1, -0.05) is 23.5 Å². The molecule has 0 atom stereocenters. The number of amides is 1. The average molecular weight is 318 g/mol. The molecule has 2 heterocycles. The summed E-state index contributed by atoms with van der Waals surface area (Å²) < 4.78 is 2.43. The molecule has 1 N–H and O–H groups in total. The molecule has 6 heteroatoms. The van der Waals surface area contributed by atoms with E-state index in [1.54, 1.807) is 11.3 Å². The van der Waals surface area contributed by atoms with Crippen molar-refractivity contribution in [2.45, 2.75) is 20.0 Å². The smallest absolute Gasteiger partial charge is 0.308 e. The molecule has 0 aliphatic carbocycles. The molecule has 4 nitrogen and oxygen atoms in total. The van der Waals surface area contributed by atoms with E-state index in [1.807, 2.05) is 42.6 Å². The zero-order valence-corrected chi connectivity index (χ0v) is 13.1. The highest BCUT2D eigenvalue weighted by molar-refractivity contribution is 7.16. The van der Waals surface area contributed by atoms with E-state index in [0.29, 0.717) is 6.54 Å². The van der Waals surface area contributed by atoms with Gasteiger partial charge in [-0.15, -0.1) is 11.3 Å². The fourth-order valence-corrected chi connectivity index (χ4v) is 3.86. The van der Waals surface area contributed by atoms with E-state index in [-0.39, 0.29) is 17.3 Å². The Morgan fingerprint density at radius 2 is 2.10 bits per heavy atom. The maximum atomic E-state index is 12.1. The van der Waals surface area contributed by atoms with Crippen molar-refractivity contribution in [3.8, 4) is 0 Å². The second-order valence-corrected chi connectivity index (χ2v) is 6.72. The molecular weight excluding hydrogens is 304 g/mol. The van der Waals surface area contributed by atoms with Crippen LogP contribution in [0.25, 0.3) is 10.2 Å². The number of hydrogen-bond acceptors (Lipinski definition) is 4. The van der Waals surface area contributed by atoms with E-state index >= 15 is 0 Å². The summed E-state index contributed by atoms with van der Waals surface area (Å²) in [6, 6.07) is 9.55. The van der Waals surface area contributed by atoms with Crippen molar-refractivity contribution in [1.82, 2.24) is 9.88 Å². The SMILES string of the molecule is Cc1ccsc1CNC(=O)Cn1c(=O)sc2ccccc21. The molecule has 0 radical (unpaired) electrons. The predicted octanol–water partition coefficient (Wildman–Crippen LogP) is 2.75. The molecule has 1 amide bonds. The van der Waals surface area contributed by atoms with Gasteiger partial charge >= 0.3 is 4.87 Å². The van der Waals surface area contributed by atoms with Gasteiger partial charge in [0.25, 0.3) is 0 Å². The van der Waals surface area contributed by atoms with Crippen molar-refractivity contribution >= 4 is 38.8 Å². The second-order valence-electron chi connectivity index (χ2n) is 4.73. The number of nitrogens with zero attached hydrogens (tertiary/aromatic N) is 1. The molecular formula is C15H14N2O2S2. The Labute approximate surface area is 129 Å². The van der Waals surface area contributed by atoms with E-state index in [1.165, 1.54) is 21.5 Å². The van der Waals surface area contributed by atoms with Gasteiger partial charge in [0.1, 0.15) is 6.54 Å². The van der Waals surface area contributed by atoms with Crippen molar-refractivity contribution in [3.63, 3.8) is 0 Å². The standard InChI is InChI=1S/C15H14N2O2S2/c1-10-6-7-20-13(10)8-16-14(18)9-17-11-4-2-3-5-12(11)21-15(17)19/h2-7H,8-9H2,1H3,(H,16,18). The van der Waals surface area contributed by atoms with Gasteiger partial charge in [-0.05, 0) is 36.1 Å². The Hall–Kier alpha value is -1.92. The third kappa shape index (κ3) is 2.91. The van der Waals surface area contributed by atoms with Crippen LogP contribution >= 0.6 is 22.7 Å². The first-order valence-electron chi connectivity index (χ1n) is 6.53. The number of aryl methyl sites for hydroxylation is 1. The summed E-state index contributed by atoms with van der Waals surface area (Å²) in [5.41, 5.74) is 1.99. The fraction of sp³-hybridized carbons (Fsp3) is 0.200. The Morgan fingerprint density at radius 3 is 2.86 bits per heavy atom. The first-order valence-corrected chi connectivity index (χ1v) is 8.23. The normalized spacial score (nSPS) is 10.9. The summed E-state index contributed by atoms with van der Waals surface area (Å²) >= 11 is 2.79. The highest BCUT2D eigenvalue weighted by Crippen LogP contribution is 2.17. The molecule has 2 aromatic heterocycles. The van der Waals surface area contributed by atoms with E-state index in [2.05, 4.69) is 5.32 Å².